The number of benzene rings is 1. The minimum Gasteiger partial charge on any atom is -0.127 e. The van der Waals surface area contributed by atoms with Crippen molar-refractivity contribution in [2.24, 2.45) is 0 Å². The van der Waals surface area contributed by atoms with Gasteiger partial charge in [0.05, 0.1) is 0 Å². The molecule has 0 bridgehead atoms. The largest absolute Gasteiger partial charge is 0.129 e. The minimum atomic E-state index is -1.24. The molecular weight excluding hydrogens is 184 g/mol. The molecule has 1 aromatic rings. The van der Waals surface area contributed by atoms with Crippen LogP contribution >= 0.6 is 0 Å². The Hall–Kier alpha value is -1.00. The summed E-state index contributed by atoms with van der Waals surface area (Å²) in [5.74, 6) is 3.32. The molecule has 0 atom stereocenters. The van der Waals surface area contributed by atoms with Crippen LogP contribution in [0, 0.1) is 11.5 Å². The fourth-order valence-electron chi connectivity index (χ4n) is 1.21. The molecule has 0 aliphatic rings. The molecule has 0 amide bonds. The van der Waals surface area contributed by atoms with E-state index in [1.165, 1.54) is 11.1 Å². The van der Waals surface area contributed by atoms with Gasteiger partial charge in [-0.05, 0) is 18.1 Å². The van der Waals surface area contributed by atoms with Gasteiger partial charge in [0.25, 0.3) is 0 Å². The van der Waals surface area contributed by atoms with Crippen molar-refractivity contribution >= 4 is 8.07 Å². The van der Waals surface area contributed by atoms with Gasteiger partial charge in [-0.15, -0.1) is 5.54 Å². The molecule has 0 heterocycles. The van der Waals surface area contributed by atoms with Crippen LogP contribution in [0.25, 0.3) is 0 Å². The van der Waals surface area contributed by atoms with Crippen LogP contribution in [-0.4, -0.2) is 8.07 Å². The summed E-state index contributed by atoms with van der Waals surface area (Å²) in [6, 6.07) is 8.42. The van der Waals surface area contributed by atoms with Gasteiger partial charge in [0.15, 0.2) is 0 Å². The second-order valence-corrected chi connectivity index (χ2v) is 9.26. The molecule has 0 radical (unpaired) electrons. The summed E-state index contributed by atoms with van der Waals surface area (Å²) < 4.78 is 0. The molecule has 14 heavy (non-hydrogen) atoms. The highest BCUT2D eigenvalue weighted by Crippen LogP contribution is 2.08. The van der Waals surface area contributed by atoms with Crippen molar-refractivity contribution in [3.63, 3.8) is 0 Å². The lowest BCUT2D eigenvalue weighted by Crippen LogP contribution is -2.16. The first-order valence-electron chi connectivity index (χ1n) is 5.14. The molecule has 1 heteroatoms. The van der Waals surface area contributed by atoms with Crippen molar-refractivity contribution in [2.75, 3.05) is 0 Å². The second-order valence-electron chi connectivity index (χ2n) is 4.51. The molecule has 0 fully saturated rings. The van der Waals surface area contributed by atoms with Crippen LogP contribution in [0.1, 0.15) is 18.1 Å². The van der Waals surface area contributed by atoms with Gasteiger partial charge in [0.2, 0.25) is 0 Å². The van der Waals surface area contributed by atoms with Gasteiger partial charge in [0, 0.05) is 5.56 Å². The van der Waals surface area contributed by atoms with Gasteiger partial charge in [-0.2, -0.15) is 0 Å². The number of rotatable bonds is 1. The molecule has 0 saturated carbocycles. The molecule has 1 rings (SSSR count). The van der Waals surface area contributed by atoms with Crippen LogP contribution in [0.15, 0.2) is 24.3 Å². The highest BCUT2D eigenvalue weighted by atomic mass is 28.3. The highest BCUT2D eigenvalue weighted by molar-refractivity contribution is 6.83. The quantitative estimate of drug-likeness (QED) is 0.483. The van der Waals surface area contributed by atoms with Crippen LogP contribution in [0.2, 0.25) is 19.6 Å². The Morgan fingerprint density at radius 1 is 1.14 bits per heavy atom. The van der Waals surface area contributed by atoms with Gasteiger partial charge in [-0.25, -0.2) is 0 Å². The molecule has 0 N–H and O–H groups in total. The van der Waals surface area contributed by atoms with Crippen molar-refractivity contribution < 1.29 is 0 Å². The number of aryl methyl sites for hydroxylation is 1. The first-order chi connectivity index (χ1) is 6.53. The molecule has 0 aliphatic carbocycles. The summed E-state index contributed by atoms with van der Waals surface area (Å²) in [5.41, 5.74) is 5.97. The normalized spacial score (nSPS) is 10.6. The van der Waals surface area contributed by atoms with Crippen molar-refractivity contribution in [2.45, 2.75) is 33.0 Å². The highest BCUT2D eigenvalue weighted by Gasteiger charge is 2.07. The molecule has 0 aliphatic heterocycles. The van der Waals surface area contributed by atoms with E-state index in [-0.39, 0.29) is 0 Å². The Labute approximate surface area is 88.4 Å². The lowest BCUT2D eigenvalue weighted by Gasteiger charge is -2.04. The predicted octanol–water partition coefficient (Wildman–Crippen LogP) is 3.48. The first-order valence-corrected chi connectivity index (χ1v) is 8.64. The van der Waals surface area contributed by atoms with Crippen LogP contribution < -0.4 is 0 Å². The Morgan fingerprint density at radius 2 is 1.79 bits per heavy atom. The third-order valence-corrected chi connectivity index (χ3v) is 2.85. The maximum atomic E-state index is 3.40. The van der Waals surface area contributed by atoms with Gasteiger partial charge < -0.3 is 0 Å². The average molecular weight is 202 g/mol. The molecule has 0 saturated heterocycles. The van der Waals surface area contributed by atoms with E-state index in [2.05, 4.69) is 62.3 Å². The van der Waals surface area contributed by atoms with Gasteiger partial charge in [-0.3, -0.25) is 0 Å². The Kier molecular flexibility index (Phi) is 3.54. The molecule has 0 spiro atoms. The summed E-state index contributed by atoms with van der Waals surface area (Å²) in [7, 11) is -1.24. The molecular formula is C13H18Si. The van der Waals surface area contributed by atoms with Crippen molar-refractivity contribution in [3.8, 4) is 11.5 Å². The summed E-state index contributed by atoms with van der Waals surface area (Å²) in [6.07, 6.45) is 1.07. The Bertz CT molecular complexity index is 361. The van der Waals surface area contributed by atoms with E-state index in [1.54, 1.807) is 0 Å². The van der Waals surface area contributed by atoms with Gasteiger partial charge >= 0.3 is 0 Å². The monoisotopic (exact) mass is 202 g/mol. The Morgan fingerprint density at radius 3 is 2.36 bits per heavy atom. The summed E-state index contributed by atoms with van der Waals surface area (Å²) in [6.45, 7) is 8.99. The zero-order chi connectivity index (χ0) is 10.6. The van der Waals surface area contributed by atoms with E-state index in [4.69, 9.17) is 0 Å². The minimum absolute atomic E-state index is 1.07. The van der Waals surface area contributed by atoms with Crippen molar-refractivity contribution in [3.05, 3.63) is 35.4 Å². The van der Waals surface area contributed by atoms with Crippen LogP contribution in [0.5, 0.6) is 0 Å². The van der Waals surface area contributed by atoms with E-state index >= 15 is 0 Å². The molecule has 0 unspecified atom stereocenters. The zero-order valence-electron chi connectivity index (χ0n) is 9.52. The van der Waals surface area contributed by atoms with Crippen molar-refractivity contribution in [1.29, 1.82) is 0 Å². The fourth-order valence-corrected chi connectivity index (χ4v) is 1.72. The number of hydrogen-bond acceptors (Lipinski definition) is 0. The maximum absolute atomic E-state index is 3.40. The predicted molar refractivity (Wildman–Crippen MR) is 66.0 cm³/mol. The van der Waals surface area contributed by atoms with E-state index in [0.717, 1.165) is 6.42 Å². The van der Waals surface area contributed by atoms with Crippen LogP contribution in [0.3, 0.4) is 0 Å². The summed E-state index contributed by atoms with van der Waals surface area (Å²) >= 11 is 0. The second kappa shape index (κ2) is 4.48. The number of hydrogen-bond donors (Lipinski definition) is 0. The van der Waals surface area contributed by atoms with Crippen molar-refractivity contribution in [1.82, 2.24) is 0 Å². The van der Waals surface area contributed by atoms with Crippen LogP contribution in [-0.2, 0) is 6.42 Å². The third-order valence-electron chi connectivity index (χ3n) is 1.97. The fraction of sp³-hybridized carbons (Fsp3) is 0.385. The average Bonchev–Trinajstić information content (AvgIpc) is 2.14. The lowest BCUT2D eigenvalue weighted by atomic mass is 10.1. The third kappa shape index (κ3) is 3.39. The van der Waals surface area contributed by atoms with E-state index in [9.17, 15) is 0 Å². The van der Waals surface area contributed by atoms with E-state index in [0.29, 0.717) is 0 Å². The topological polar surface area (TPSA) is 0 Å². The van der Waals surface area contributed by atoms with Crippen LogP contribution in [0.4, 0.5) is 0 Å². The SMILES string of the molecule is CCc1ccccc1C#C[Si](C)(C)C. The zero-order valence-corrected chi connectivity index (χ0v) is 10.5. The lowest BCUT2D eigenvalue weighted by molar-refractivity contribution is 1.13. The Balaban J connectivity index is 3.00. The molecule has 0 nitrogen and oxygen atoms in total. The molecule has 74 valence electrons. The summed E-state index contributed by atoms with van der Waals surface area (Å²) in [4.78, 5) is 0. The molecule has 1 aromatic carbocycles. The first kappa shape index (κ1) is 11.1. The standard InChI is InChI=1S/C13H18Si/c1-5-12-8-6-7-9-13(12)10-11-14(2,3)4/h6-9H,5H2,1-4H3. The van der Waals surface area contributed by atoms with Gasteiger partial charge in [0.1, 0.15) is 8.07 Å². The smallest absolute Gasteiger partial charge is 0.127 e. The summed E-state index contributed by atoms with van der Waals surface area (Å²) in [5, 5.41) is 0. The molecule has 0 aromatic heterocycles. The van der Waals surface area contributed by atoms with Gasteiger partial charge in [-0.1, -0.05) is 50.7 Å². The maximum Gasteiger partial charge on any atom is 0.129 e. The van der Waals surface area contributed by atoms with E-state index in [1.807, 2.05) is 0 Å². The van der Waals surface area contributed by atoms with E-state index < -0.39 is 8.07 Å².